The van der Waals surface area contributed by atoms with Crippen molar-refractivity contribution < 1.29 is 0 Å². The summed E-state index contributed by atoms with van der Waals surface area (Å²) in [6, 6.07) is 6.66. The zero-order valence-electron chi connectivity index (χ0n) is 11.1. The maximum atomic E-state index is 3.57. The first-order valence-corrected chi connectivity index (χ1v) is 9.44. The first-order valence-electron chi connectivity index (χ1n) is 5.76. The smallest absolute Gasteiger partial charge is 0.0675 e. The van der Waals surface area contributed by atoms with Crippen molar-refractivity contribution in [2.24, 2.45) is 0 Å². The van der Waals surface area contributed by atoms with Crippen LogP contribution < -0.4 is 10.1 Å². The molecule has 0 saturated carbocycles. The quantitative estimate of drug-likeness (QED) is 0.757. The zero-order valence-corrected chi connectivity index (χ0v) is 13.9. The van der Waals surface area contributed by atoms with E-state index in [1.807, 2.05) is 0 Å². The van der Waals surface area contributed by atoms with E-state index >= 15 is 0 Å². The van der Waals surface area contributed by atoms with E-state index in [1.165, 1.54) is 15.3 Å². The number of hydrogen-bond donors (Lipinski definition) is 0. The SMILES string of the molecule is CN(c1ccc(Br)cc1[SiH](C)C)C(C)(C)C. The van der Waals surface area contributed by atoms with Crippen LogP contribution in [0, 0.1) is 0 Å². The number of nitrogens with zero attached hydrogens (tertiary/aromatic N) is 1. The first-order chi connectivity index (χ1) is 7.23. The molecule has 0 N–H and O–H groups in total. The fourth-order valence-corrected chi connectivity index (χ4v) is 3.67. The van der Waals surface area contributed by atoms with Crippen LogP contribution in [0.15, 0.2) is 22.7 Å². The van der Waals surface area contributed by atoms with Gasteiger partial charge in [-0.05, 0) is 44.2 Å². The summed E-state index contributed by atoms with van der Waals surface area (Å²) in [5, 5.41) is 1.53. The standard InChI is InChI=1S/C13H22BrNSi/c1-13(2,3)15(4)11-8-7-10(14)9-12(11)16(5)6/h7-9,16H,1-6H3. The molecule has 90 valence electrons. The Balaban J connectivity index is 3.23. The summed E-state index contributed by atoms with van der Waals surface area (Å²) in [6.45, 7) is 11.5. The summed E-state index contributed by atoms with van der Waals surface area (Å²) in [6.07, 6.45) is 0. The fourth-order valence-electron chi connectivity index (χ4n) is 1.65. The van der Waals surface area contributed by atoms with Crippen LogP contribution in [0.4, 0.5) is 5.69 Å². The molecule has 1 nitrogen and oxygen atoms in total. The van der Waals surface area contributed by atoms with Crippen LogP contribution in [0.3, 0.4) is 0 Å². The molecule has 0 atom stereocenters. The van der Waals surface area contributed by atoms with E-state index in [9.17, 15) is 0 Å². The number of rotatable bonds is 2. The Kier molecular flexibility index (Phi) is 4.24. The molecule has 0 aliphatic rings. The van der Waals surface area contributed by atoms with Gasteiger partial charge in [-0.1, -0.05) is 29.0 Å². The molecule has 3 heteroatoms. The van der Waals surface area contributed by atoms with Crippen LogP contribution in [0.1, 0.15) is 20.8 Å². The second kappa shape index (κ2) is 4.92. The molecule has 0 aliphatic heterocycles. The van der Waals surface area contributed by atoms with Gasteiger partial charge in [-0.2, -0.15) is 0 Å². The van der Waals surface area contributed by atoms with Gasteiger partial charge >= 0.3 is 0 Å². The predicted octanol–water partition coefficient (Wildman–Crippen LogP) is 3.38. The normalized spacial score (nSPS) is 12.0. The second-order valence-corrected chi connectivity index (χ2v) is 9.43. The largest absolute Gasteiger partial charge is 0.370 e. The Hall–Kier alpha value is -0.283. The number of anilines is 1. The van der Waals surface area contributed by atoms with Gasteiger partial charge in [0.15, 0.2) is 0 Å². The summed E-state index contributed by atoms with van der Waals surface area (Å²) in [7, 11) is 1.39. The molecule has 0 fully saturated rings. The van der Waals surface area contributed by atoms with Gasteiger partial charge in [0.1, 0.15) is 0 Å². The Morgan fingerprint density at radius 3 is 2.19 bits per heavy atom. The van der Waals surface area contributed by atoms with E-state index in [-0.39, 0.29) is 5.54 Å². The average molecular weight is 300 g/mol. The fraction of sp³-hybridized carbons (Fsp3) is 0.538. The Bertz CT molecular complexity index is 369. The number of halogens is 1. The lowest BCUT2D eigenvalue weighted by atomic mass is 10.1. The molecule has 1 aromatic carbocycles. The van der Waals surface area contributed by atoms with E-state index in [1.54, 1.807) is 0 Å². The minimum Gasteiger partial charge on any atom is -0.370 e. The third-order valence-electron chi connectivity index (χ3n) is 2.98. The van der Waals surface area contributed by atoms with Gasteiger partial charge in [-0.15, -0.1) is 0 Å². The molecule has 0 radical (unpaired) electrons. The van der Waals surface area contributed by atoms with E-state index < -0.39 is 8.80 Å². The molecule has 1 rings (SSSR count). The summed E-state index contributed by atoms with van der Waals surface area (Å²) >= 11 is 3.57. The van der Waals surface area contributed by atoms with Crippen LogP contribution in [0.25, 0.3) is 0 Å². The van der Waals surface area contributed by atoms with Crippen LogP contribution >= 0.6 is 15.9 Å². The van der Waals surface area contributed by atoms with Crippen LogP contribution in [0.2, 0.25) is 13.1 Å². The van der Waals surface area contributed by atoms with E-state index in [4.69, 9.17) is 0 Å². The third kappa shape index (κ3) is 3.11. The highest BCUT2D eigenvalue weighted by atomic mass is 79.9. The molecule has 1 aromatic rings. The van der Waals surface area contributed by atoms with Gasteiger partial charge in [0, 0.05) is 22.7 Å². The van der Waals surface area contributed by atoms with Crippen molar-refractivity contribution in [3.05, 3.63) is 22.7 Å². The lowest BCUT2D eigenvalue weighted by Gasteiger charge is -2.36. The molecule has 0 spiro atoms. The highest BCUT2D eigenvalue weighted by Crippen LogP contribution is 2.22. The van der Waals surface area contributed by atoms with Crippen LogP contribution in [-0.2, 0) is 0 Å². The lowest BCUT2D eigenvalue weighted by molar-refractivity contribution is 0.539. The third-order valence-corrected chi connectivity index (χ3v) is 5.18. The Labute approximate surface area is 110 Å². The predicted molar refractivity (Wildman–Crippen MR) is 80.8 cm³/mol. The van der Waals surface area contributed by atoms with Crippen molar-refractivity contribution in [1.29, 1.82) is 0 Å². The second-order valence-electron chi connectivity index (χ2n) is 5.59. The minimum atomic E-state index is -0.796. The van der Waals surface area contributed by atoms with Gasteiger partial charge in [0.25, 0.3) is 0 Å². The highest BCUT2D eigenvalue weighted by molar-refractivity contribution is 9.10. The van der Waals surface area contributed by atoms with Crippen molar-refractivity contribution in [2.45, 2.75) is 39.4 Å². The molecule has 0 aromatic heterocycles. The van der Waals surface area contributed by atoms with Gasteiger partial charge in [-0.25, -0.2) is 0 Å². The minimum absolute atomic E-state index is 0.172. The zero-order chi connectivity index (χ0) is 12.5. The first kappa shape index (κ1) is 13.8. The van der Waals surface area contributed by atoms with Gasteiger partial charge < -0.3 is 4.90 Å². The van der Waals surface area contributed by atoms with Crippen LogP contribution in [-0.4, -0.2) is 21.4 Å². The van der Waals surface area contributed by atoms with Gasteiger partial charge in [0.05, 0.1) is 8.80 Å². The topological polar surface area (TPSA) is 3.24 Å². The molecular formula is C13H22BrNSi. The molecule has 0 saturated heterocycles. The van der Waals surface area contributed by atoms with E-state index in [0.717, 1.165) is 0 Å². The van der Waals surface area contributed by atoms with E-state index in [2.05, 4.69) is 79.9 Å². The molecule has 0 unspecified atom stereocenters. The summed E-state index contributed by atoms with van der Waals surface area (Å²) < 4.78 is 1.19. The summed E-state index contributed by atoms with van der Waals surface area (Å²) in [4.78, 5) is 2.38. The lowest BCUT2D eigenvalue weighted by Crippen LogP contribution is -2.42. The molecular weight excluding hydrogens is 278 g/mol. The summed E-state index contributed by atoms with van der Waals surface area (Å²) in [5.41, 5.74) is 1.56. The molecule has 16 heavy (non-hydrogen) atoms. The van der Waals surface area contributed by atoms with Gasteiger partial charge in [0.2, 0.25) is 0 Å². The average Bonchev–Trinajstić information content (AvgIpc) is 2.15. The monoisotopic (exact) mass is 299 g/mol. The maximum Gasteiger partial charge on any atom is 0.0675 e. The van der Waals surface area contributed by atoms with Crippen LogP contribution in [0.5, 0.6) is 0 Å². The van der Waals surface area contributed by atoms with Gasteiger partial charge in [-0.3, -0.25) is 0 Å². The highest BCUT2D eigenvalue weighted by Gasteiger charge is 2.21. The van der Waals surface area contributed by atoms with Crippen molar-refractivity contribution in [3.63, 3.8) is 0 Å². The molecule has 0 bridgehead atoms. The molecule has 0 amide bonds. The summed E-state index contributed by atoms with van der Waals surface area (Å²) in [5.74, 6) is 0. The van der Waals surface area contributed by atoms with Crippen molar-refractivity contribution in [2.75, 3.05) is 11.9 Å². The van der Waals surface area contributed by atoms with Crippen molar-refractivity contribution in [3.8, 4) is 0 Å². The number of hydrogen-bond acceptors (Lipinski definition) is 1. The van der Waals surface area contributed by atoms with E-state index in [0.29, 0.717) is 0 Å². The number of benzene rings is 1. The maximum absolute atomic E-state index is 3.57. The van der Waals surface area contributed by atoms with Crippen molar-refractivity contribution >= 4 is 35.6 Å². The Morgan fingerprint density at radius 2 is 1.75 bits per heavy atom. The molecule has 0 aliphatic carbocycles. The van der Waals surface area contributed by atoms with Crippen molar-refractivity contribution in [1.82, 2.24) is 0 Å². The Morgan fingerprint density at radius 1 is 1.19 bits per heavy atom. The molecule has 0 heterocycles.